The molecule has 5 N–H and O–H groups in total. The Kier molecular flexibility index (Phi) is 13.3. The van der Waals surface area contributed by atoms with Gasteiger partial charge in [-0.2, -0.15) is 0 Å². The van der Waals surface area contributed by atoms with Gasteiger partial charge in [-0.05, 0) is 25.5 Å². The van der Waals surface area contributed by atoms with Crippen molar-refractivity contribution in [3.8, 4) is 0 Å². The van der Waals surface area contributed by atoms with Gasteiger partial charge in [0, 0.05) is 39.3 Å². The van der Waals surface area contributed by atoms with Gasteiger partial charge in [-0.25, -0.2) is 0 Å². The lowest BCUT2D eigenvalue weighted by Gasteiger charge is -2.35. The fourth-order valence-electron chi connectivity index (χ4n) is 3.28. The minimum atomic E-state index is -0.990. The van der Waals surface area contributed by atoms with E-state index in [1.165, 1.54) is 5.56 Å². The molecule has 0 aliphatic heterocycles. The fraction of sp³-hybridized carbons (Fsp3) is 0.714. The molecular formula is C21H39N3O4. The average molecular weight is 398 g/mol. The van der Waals surface area contributed by atoms with E-state index in [1.54, 1.807) is 6.92 Å². The maximum atomic E-state index is 10.1. The van der Waals surface area contributed by atoms with E-state index in [1.807, 2.05) is 23.1 Å². The van der Waals surface area contributed by atoms with Crippen LogP contribution in [0.3, 0.4) is 0 Å². The molecule has 0 radical (unpaired) electrons. The monoisotopic (exact) mass is 397 g/mol. The van der Waals surface area contributed by atoms with E-state index in [0.29, 0.717) is 26.2 Å². The standard InChI is InChI=1S/C21H39N3O4/c1-3-10-23(15-19-7-5-4-6-8-19)12-13-24(11-9-22-14-18(2)27)20(16-25)21(28)17-26/h4-8,18,20-22,25-28H,3,9-17H2,1-2H3/t18-,20+,21-/m1/s1. The summed E-state index contributed by atoms with van der Waals surface area (Å²) in [5, 5.41) is 41.8. The topological polar surface area (TPSA) is 99.4 Å². The molecule has 1 aromatic rings. The molecule has 0 bridgehead atoms. The highest BCUT2D eigenvalue weighted by molar-refractivity contribution is 5.14. The summed E-state index contributed by atoms with van der Waals surface area (Å²) in [5.74, 6) is 0. The number of hydrogen-bond acceptors (Lipinski definition) is 7. The molecule has 0 saturated heterocycles. The summed E-state index contributed by atoms with van der Waals surface area (Å²) < 4.78 is 0. The van der Waals surface area contributed by atoms with E-state index in [-0.39, 0.29) is 13.2 Å². The number of rotatable bonds is 16. The average Bonchev–Trinajstić information content (AvgIpc) is 2.69. The van der Waals surface area contributed by atoms with E-state index in [4.69, 9.17) is 0 Å². The molecule has 0 amide bonds. The third-order valence-electron chi connectivity index (χ3n) is 4.80. The van der Waals surface area contributed by atoms with Gasteiger partial charge in [0.15, 0.2) is 0 Å². The first-order valence-corrected chi connectivity index (χ1v) is 10.3. The zero-order valence-electron chi connectivity index (χ0n) is 17.4. The first-order chi connectivity index (χ1) is 13.5. The van der Waals surface area contributed by atoms with Gasteiger partial charge >= 0.3 is 0 Å². The van der Waals surface area contributed by atoms with Crippen LogP contribution in [0.1, 0.15) is 25.8 Å². The normalized spacial score (nSPS) is 15.1. The van der Waals surface area contributed by atoms with Crippen LogP contribution in [0, 0.1) is 0 Å². The molecule has 0 aliphatic carbocycles. The Morgan fingerprint density at radius 1 is 0.964 bits per heavy atom. The molecule has 0 spiro atoms. The molecule has 0 aliphatic rings. The number of aliphatic hydroxyl groups is 4. The Morgan fingerprint density at radius 3 is 2.25 bits per heavy atom. The third kappa shape index (κ3) is 9.93. The lowest BCUT2D eigenvalue weighted by atomic mass is 10.1. The highest BCUT2D eigenvalue weighted by Crippen LogP contribution is 2.08. The summed E-state index contributed by atoms with van der Waals surface area (Å²) in [5.41, 5.74) is 1.26. The number of benzene rings is 1. The molecule has 0 fully saturated rings. The van der Waals surface area contributed by atoms with Gasteiger partial charge in [-0.1, -0.05) is 37.3 Å². The van der Waals surface area contributed by atoms with Gasteiger partial charge in [0.2, 0.25) is 0 Å². The van der Waals surface area contributed by atoms with Crippen molar-refractivity contribution in [1.29, 1.82) is 0 Å². The molecule has 28 heavy (non-hydrogen) atoms. The highest BCUT2D eigenvalue weighted by atomic mass is 16.3. The Hall–Kier alpha value is -1.06. The van der Waals surface area contributed by atoms with Gasteiger partial charge in [0.25, 0.3) is 0 Å². The molecule has 1 aromatic carbocycles. The van der Waals surface area contributed by atoms with Crippen LogP contribution in [0.25, 0.3) is 0 Å². The number of nitrogens with zero attached hydrogens (tertiary/aromatic N) is 2. The molecule has 1 rings (SSSR count). The van der Waals surface area contributed by atoms with Crippen molar-refractivity contribution in [2.45, 2.75) is 45.1 Å². The van der Waals surface area contributed by atoms with E-state index in [9.17, 15) is 20.4 Å². The summed E-state index contributed by atoms with van der Waals surface area (Å²) >= 11 is 0. The lowest BCUT2D eigenvalue weighted by molar-refractivity contribution is -0.0159. The second kappa shape index (κ2) is 14.9. The molecule has 0 unspecified atom stereocenters. The van der Waals surface area contributed by atoms with Crippen LogP contribution in [-0.4, -0.2) is 101 Å². The van der Waals surface area contributed by atoms with Crippen molar-refractivity contribution in [2.75, 3.05) is 52.5 Å². The number of nitrogens with one attached hydrogen (secondary N) is 1. The van der Waals surface area contributed by atoms with Crippen molar-refractivity contribution in [3.63, 3.8) is 0 Å². The zero-order valence-corrected chi connectivity index (χ0v) is 17.4. The van der Waals surface area contributed by atoms with Crippen LogP contribution < -0.4 is 5.32 Å². The Morgan fingerprint density at radius 2 is 1.68 bits per heavy atom. The van der Waals surface area contributed by atoms with Crippen molar-refractivity contribution in [2.24, 2.45) is 0 Å². The van der Waals surface area contributed by atoms with Crippen LogP contribution in [0.2, 0.25) is 0 Å². The van der Waals surface area contributed by atoms with Crippen LogP contribution in [0.4, 0.5) is 0 Å². The van der Waals surface area contributed by atoms with E-state index < -0.39 is 18.2 Å². The second-order valence-corrected chi connectivity index (χ2v) is 7.35. The maximum absolute atomic E-state index is 10.1. The highest BCUT2D eigenvalue weighted by Gasteiger charge is 2.25. The maximum Gasteiger partial charge on any atom is 0.0947 e. The number of aliphatic hydroxyl groups excluding tert-OH is 4. The molecule has 162 valence electrons. The predicted molar refractivity (Wildman–Crippen MR) is 112 cm³/mol. The van der Waals surface area contributed by atoms with Gasteiger partial charge in [0.05, 0.1) is 31.5 Å². The van der Waals surface area contributed by atoms with Gasteiger partial charge < -0.3 is 25.7 Å². The predicted octanol–water partition coefficient (Wildman–Crippen LogP) is -0.115. The Balaban J connectivity index is 2.69. The Labute approximate surface area is 169 Å². The van der Waals surface area contributed by atoms with Crippen molar-refractivity contribution >= 4 is 0 Å². The van der Waals surface area contributed by atoms with Gasteiger partial charge in [-0.3, -0.25) is 9.80 Å². The van der Waals surface area contributed by atoms with Gasteiger partial charge in [-0.15, -0.1) is 0 Å². The minimum Gasteiger partial charge on any atom is -0.395 e. The van der Waals surface area contributed by atoms with Crippen LogP contribution >= 0.6 is 0 Å². The minimum absolute atomic E-state index is 0.218. The smallest absolute Gasteiger partial charge is 0.0947 e. The molecule has 7 nitrogen and oxygen atoms in total. The fourth-order valence-corrected chi connectivity index (χ4v) is 3.28. The summed E-state index contributed by atoms with van der Waals surface area (Å²) in [4.78, 5) is 4.38. The van der Waals surface area contributed by atoms with E-state index in [2.05, 4.69) is 29.3 Å². The summed E-state index contributed by atoms with van der Waals surface area (Å²) in [6, 6.07) is 9.81. The largest absolute Gasteiger partial charge is 0.395 e. The first kappa shape index (κ1) is 25.0. The number of hydrogen-bond donors (Lipinski definition) is 5. The molecule has 3 atom stereocenters. The van der Waals surface area contributed by atoms with Crippen molar-refractivity contribution in [3.05, 3.63) is 35.9 Å². The van der Waals surface area contributed by atoms with Crippen LogP contribution in [0.5, 0.6) is 0 Å². The summed E-state index contributed by atoms with van der Waals surface area (Å²) in [6.07, 6.45) is -0.364. The SMILES string of the molecule is CCCN(CCN(CCNC[C@@H](C)O)[C@@H](CO)[C@H](O)CO)Cc1ccccc1. The zero-order chi connectivity index (χ0) is 20.8. The van der Waals surface area contributed by atoms with Gasteiger partial charge in [0.1, 0.15) is 0 Å². The Bertz CT molecular complexity index is 490. The summed E-state index contributed by atoms with van der Waals surface area (Å²) in [7, 11) is 0. The lowest BCUT2D eigenvalue weighted by Crippen LogP contribution is -2.52. The quantitative estimate of drug-likeness (QED) is 0.248. The summed E-state index contributed by atoms with van der Waals surface area (Å²) in [6.45, 7) is 8.31. The molecule has 0 saturated carbocycles. The third-order valence-corrected chi connectivity index (χ3v) is 4.80. The first-order valence-electron chi connectivity index (χ1n) is 10.3. The molecular weight excluding hydrogens is 358 g/mol. The molecule has 0 aromatic heterocycles. The van der Waals surface area contributed by atoms with Crippen LogP contribution in [-0.2, 0) is 6.54 Å². The van der Waals surface area contributed by atoms with Crippen molar-refractivity contribution in [1.82, 2.24) is 15.1 Å². The van der Waals surface area contributed by atoms with E-state index in [0.717, 1.165) is 26.1 Å². The van der Waals surface area contributed by atoms with Crippen molar-refractivity contribution < 1.29 is 20.4 Å². The van der Waals surface area contributed by atoms with E-state index >= 15 is 0 Å². The molecule has 7 heteroatoms. The van der Waals surface area contributed by atoms with Crippen LogP contribution in [0.15, 0.2) is 30.3 Å². The second-order valence-electron chi connectivity index (χ2n) is 7.35. The molecule has 0 heterocycles.